The normalized spacial score (nSPS) is 10.1. The van der Waals surface area contributed by atoms with Gasteiger partial charge in [-0.15, -0.1) is 23.1 Å². The van der Waals surface area contributed by atoms with Gasteiger partial charge in [0.05, 0.1) is 11.3 Å². The zero-order chi connectivity index (χ0) is 14.5. The molecule has 102 valence electrons. The molecule has 0 fully saturated rings. The number of nitrogens with zero attached hydrogens (tertiary/aromatic N) is 1. The van der Waals surface area contributed by atoms with Crippen LogP contribution in [0.5, 0.6) is 0 Å². The number of hydrogen-bond acceptors (Lipinski definition) is 4. The maximum Gasteiger partial charge on any atom is 0.235 e. The summed E-state index contributed by atoms with van der Waals surface area (Å²) in [6.07, 6.45) is 0. The number of thioether (sulfide) groups is 1. The van der Waals surface area contributed by atoms with Crippen LogP contribution in [0.1, 0.15) is 5.56 Å². The van der Waals surface area contributed by atoms with Crippen molar-refractivity contribution in [2.24, 2.45) is 0 Å². The number of hydrogen-bond donors (Lipinski definition) is 1. The van der Waals surface area contributed by atoms with E-state index in [4.69, 9.17) is 5.26 Å². The molecule has 1 heterocycles. The van der Waals surface area contributed by atoms with E-state index >= 15 is 0 Å². The number of amides is 1. The van der Waals surface area contributed by atoms with Crippen molar-refractivity contribution in [1.82, 2.24) is 0 Å². The van der Waals surface area contributed by atoms with Gasteiger partial charge in [0, 0.05) is 4.90 Å². The number of halogens is 2. The lowest BCUT2D eigenvalue weighted by molar-refractivity contribution is -0.113. The Hall–Kier alpha value is -1.91. The molecular formula is C13H8F2N2OS2. The highest BCUT2D eigenvalue weighted by molar-refractivity contribution is 8.00. The monoisotopic (exact) mass is 310 g/mol. The number of benzene rings is 1. The number of carbonyl (C=O) groups excluding carboxylic acids is 1. The lowest BCUT2D eigenvalue weighted by Crippen LogP contribution is -2.13. The van der Waals surface area contributed by atoms with E-state index in [0.29, 0.717) is 10.6 Å². The summed E-state index contributed by atoms with van der Waals surface area (Å²) in [5.74, 6) is -1.57. The van der Waals surface area contributed by atoms with Gasteiger partial charge in [0.15, 0.2) is 0 Å². The fraction of sp³-hybridized carbons (Fsp3) is 0.0769. The first-order chi connectivity index (χ1) is 9.60. The lowest BCUT2D eigenvalue weighted by atomic mass is 10.3. The Kier molecular flexibility index (Phi) is 4.71. The molecule has 1 amide bonds. The zero-order valence-corrected chi connectivity index (χ0v) is 11.7. The molecule has 20 heavy (non-hydrogen) atoms. The minimum absolute atomic E-state index is 0.0663. The fourth-order valence-corrected chi connectivity index (χ4v) is 2.90. The first-order valence-electron chi connectivity index (χ1n) is 5.45. The van der Waals surface area contributed by atoms with Crippen molar-refractivity contribution in [2.45, 2.75) is 4.90 Å². The summed E-state index contributed by atoms with van der Waals surface area (Å²) in [6.45, 7) is 0. The quantitative estimate of drug-likeness (QED) is 0.877. The second kappa shape index (κ2) is 6.50. The van der Waals surface area contributed by atoms with E-state index in [9.17, 15) is 13.6 Å². The molecule has 3 nitrogen and oxygen atoms in total. The predicted octanol–water partition coefficient (Wildman–Crippen LogP) is 3.63. The predicted molar refractivity (Wildman–Crippen MR) is 74.7 cm³/mol. The molecule has 0 aliphatic rings. The minimum Gasteiger partial charge on any atom is -0.316 e. The van der Waals surface area contributed by atoms with Crippen LogP contribution >= 0.6 is 23.1 Å². The molecule has 2 rings (SSSR count). The van der Waals surface area contributed by atoms with Gasteiger partial charge >= 0.3 is 0 Å². The smallest absolute Gasteiger partial charge is 0.235 e. The van der Waals surface area contributed by atoms with E-state index in [2.05, 4.69) is 5.32 Å². The third-order valence-electron chi connectivity index (χ3n) is 2.29. The number of nitriles is 1. The lowest BCUT2D eigenvalue weighted by Gasteiger charge is -2.04. The molecule has 0 unspecified atom stereocenters. The standard InChI is InChI=1S/C13H8F2N2OS2/c14-9-1-2-10(15)11(5-9)20-7-12(18)17-13-8(6-16)3-4-19-13/h1-5H,7H2,(H,17,18). The molecule has 0 saturated carbocycles. The molecule has 0 aliphatic carbocycles. The maximum atomic E-state index is 13.4. The average Bonchev–Trinajstić information content (AvgIpc) is 2.87. The Morgan fingerprint density at radius 2 is 2.20 bits per heavy atom. The highest BCUT2D eigenvalue weighted by Crippen LogP contribution is 2.25. The maximum absolute atomic E-state index is 13.4. The van der Waals surface area contributed by atoms with Gasteiger partial charge < -0.3 is 5.32 Å². The fourth-order valence-electron chi connectivity index (χ4n) is 1.39. The van der Waals surface area contributed by atoms with Crippen LogP contribution in [0.3, 0.4) is 0 Å². The van der Waals surface area contributed by atoms with Crippen molar-refractivity contribution >= 4 is 34.0 Å². The highest BCUT2D eigenvalue weighted by Gasteiger charge is 2.11. The summed E-state index contributed by atoms with van der Waals surface area (Å²) in [5, 5.41) is 13.5. The molecule has 1 aromatic carbocycles. The van der Waals surface area contributed by atoms with E-state index < -0.39 is 11.6 Å². The summed E-state index contributed by atoms with van der Waals surface area (Å²) in [7, 11) is 0. The summed E-state index contributed by atoms with van der Waals surface area (Å²) < 4.78 is 26.3. The minimum atomic E-state index is -0.571. The summed E-state index contributed by atoms with van der Waals surface area (Å²) in [4.78, 5) is 11.8. The van der Waals surface area contributed by atoms with E-state index in [1.165, 1.54) is 11.3 Å². The van der Waals surface area contributed by atoms with Gasteiger partial charge in [-0.05, 0) is 29.6 Å². The molecule has 7 heteroatoms. The average molecular weight is 310 g/mol. The van der Waals surface area contributed by atoms with Crippen LogP contribution in [0, 0.1) is 23.0 Å². The van der Waals surface area contributed by atoms with Crippen LogP contribution in [-0.2, 0) is 4.79 Å². The van der Waals surface area contributed by atoms with Crippen LogP contribution in [0.4, 0.5) is 13.8 Å². The molecule has 0 spiro atoms. The molecule has 0 radical (unpaired) electrons. The Morgan fingerprint density at radius 1 is 1.40 bits per heavy atom. The van der Waals surface area contributed by atoms with Crippen LogP contribution in [0.2, 0.25) is 0 Å². The van der Waals surface area contributed by atoms with Crippen LogP contribution in [-0.4, -0.2) is 11.7 Å². The van der Waals surface area contributed by atoms with Gasteiger partial charge in [0.25, 0.3) is 0 Å². The highest BCUT2D eigenvalue weighted by atomic mass is 32.2. The number of carbonyl (C=O) groups is 1. The second-order valence-electron chi connectivity index (χ2n) is 3.69. The SMILES string of the molecule is N#Cc1ccsc1NC(=O)CSc1cc(F)ccc1F. The Morgan fingerprint density at radius 3 is 2.95 bits per heavy atom. The number of nitrogens with one attached hydrogen (secondary N) is 1. The third-order valence-corrected chi connectivity index (χ3v) is 4.15. The third kappa shape index (κ3) is 3.56. The van der Waals surface area contributed by atoms with E-state index in [-0.39, 0.29) is 16.6 Å². The molecule has 2 aromatic rings. The van der Waals surface area contributed by atoms with Crippen molar-refractivity contribution in [3.8, 4) is 6.07 Å². The first-order valence-corrected chi connectivity index (χ1v) is 7.32. The molecule has 1 aromatic heterocycles. The molecule has 0 atom stereocenters. The largest absolute Gasteiger partial charge is 0.316 e. The topological polar surface area (TPSA) is 52.9 Å². The van der Waals surface area contributed by atoms with Crippen molar-refractivity contribution in [2.75, 3.05) is 11.1 Å². The molecule has 1 N–H and O–H groups in total. The molecule has 0 saturated heterocycles. The van der Waals surface area contributed by atoms with E-state index in [0.717, 1.165) is 30.0 Å². The van der Waals surface area contributed by atoms with Gasteiger partial charge in [-0.1, -0.05) is 0 Å². The molecule has 0 aliphatic heterocycles. The van der Waals surface area contributed by atoms with Crippen molar-refractivity contribution in [3.05, 3.63) is 46.8 Å². The van der Waals surface area contributed by atoms with Crippen LogP contribution < -0.4 is 5.32 Å². The van der Waals surface area contributed by atoms with E-state index in [1.54, 1.807) is 11.4 Å². The van der Waals surface area contributed by atoms with Crippen LogP contribution in [0.15, 0.2) is 34.5 Å². The zero-order valence-electron chi connectivity index (χ0n) is 10.0. The first kappa shape index (κ1) is 14.5. The van der Waals surface area contributed by atoms with Crippen molar-refractivity contribution in [3.63, 3.8) is 0 Å². The molecule has 0 bridgehead atoms. The Bertz CT molecular complexity index is 679. The number of rotatable bonds is 4. The molecular weight excluding hydrogens is 302 g/mol. The van der Waals surface area contributed by atoms with Gasteiger partial charge in [-0.2, -0.15) is 5.26 Å². The second-order valence-corrected chi connectivity index (χ2v) is 5.62. The van der Waals surface area contributed by atoms with Crippen molar-refractivity contribution < 1.29 is 13.6 Å². The summed E-state index contributed by atoms with van der Waals surface area (Å²) in [6, 6.07) is 6.62. The van der Waals surface area contributed by atoms with Crippen molar-refractivity contribution in [1.29, 1.82) is 5.26 Å². The van der Waals surface area contributed by atoms with Gasteiger partial charge in [0.1, 0.15) is 22.7 Å². The van der Waals surface area contributed by atoms with Gasteiger partial charge in [-0.25, -0.2) is 8.78 Å². The summed E-state index contributed by atoms with van der Waals surface area (Å²) in [5.41, 5.74) is 0.380. The van der Waals surface area contributed by atoms with Gasteiger partial charge in [-0.3, -0.25) is 4.79 Å². The Balaban J connectivity index is 1.96. The van der Waals surface area contributed by atoms with Gasteiger partial charge in [0.2, 0.25) is 5.91 Å². The number of anilines is 1. The Labute approximate surface area is 122 Å². The number of thiophene rings is 1. The van der Waals surface area contributed by atoms with Crippen LogP contribution in [0.25, 0.3) is 0 Å². The summed E-state index contributed by atoms with van der Waals surface area (Å²) >= 11 is 2.13. The van der Waals surface area contributed by atoms with E-state index in [1.807, 2.05) is 6.07 Å².